The molecule has 28 heavy (non-hydrogen) atoms. The van der Waals surface area contributed by atoms with Gasteiger partial charge in [-0.05, 0) is 29.6 Å². The Kier molecular flexibility index (Phi) is 6.28. The Morgan fingerprint density at radius 3 is 2.64 bits per heavy atom. The largest absolute Gasteiger partial charge is 0.496 e. The first-order valence-corrected chi connectivity index (χ1v) is 9.63. The van der Waals surface area contributed by atoms with Crippen molar-refractivity contribution in [3.05, 3.63) is 91.1 Å². The number of halogens is 1. The molecule has 0 bridgehead atoms. The van der Waals surface area contributed by atoms with E-state index in [0.29, 0.717) is 18.8 Å². The number of benzene rings is 2. The average Bonchev–Trinajstić information content (AvgIpc) is 3.20. The monoisotopic (exact) mass is 416 g/mol. The molecule has 6 nitrogen and oxygen atoms in total. The predicted molar refractivity (Wildman–Crippen MR) is 109 cm³/mol. The Balaban J connectivity index is 1.95. The number of ether oxygens (including phenoxy) is 1. The molecule has 0 radical (unpaired) electrons. The zero-order valence-corrected chi connectivity index (χ0v) is 16.6. The lowest BCUT2D eigenvalue weighted by molar-refractivity contribution is -0.384. The van der Waals surface area contributed by atoms with E-state index in [1.54, 1.807) is 23.3 Å². The highest BCUT2D eigenvalue weighted by Crippen LogP contribution is 2.27. The number of hydrogen-bond donors (Lipinski definition) is 0. The summed E-state index contributed by atoms with van der Waals surface area (Å²) in [6, 6.07) is 15.4. The molecule has 0 fully saturated rings. The number of carbonyl (C=O) groups excluding carboxylic acids is 1. The minimum atomic E-state index is -0.594. The van der Waals surface area contributed by atoms with Crippen LogP contribution in [0.15, 0.2) is 60.0 Å². The summed E-state index contributed by atoms with van der Waals surface area (Å²) in [5, 5.41) is 13.1. The van der Waals surface area contributed by atoms with Gasteiger partial charge in [0.15, 0.2) is 0 Å². The third-order valence-electron chi connectivity index (χ3n) is 4.16. The van der Waals surface area contributed by atoms with Gasteiger partial charge in [-0.3, -0.25) is 14.9 Å². The van der Waals surface area contributed by atoms with Crippen LogP contribution in [0, 0.1) is 10.1 Å². The van der Waals surface area contributed by atoms with Crippen LogP contribution in [-0.2, 0) is 13.1 Å². The van der Waals surface area contributed by atoms with Crippen LogP contribution >= 0.6 is 22.9 Å². The average molecular weight is 417 g/mol. The fourth-order valence-electron chi connectivity index (χ4n) is 2.80. The minimum Gasteiger partial charge on any atom is -0.496 e. The van der Waals surface area contributed by atoms with Gasteiger partial charge in [-0.2, -0.15) is 0 Å². The van der Waals surface area contributed by atoms with Crippen molar-refractivity contribution in [2.24, 2.45) is 0 Å². The van der Waals surface area contributed by atoms with Crippen LogP contribution in [0.4, 0.5) is 5.69 Å². The van der Waals surface area contributed by atoms with Gasteiger partial charge in [0.25, 0.3) is 11.6 Å². The van der Waals surface area contributed by atoms with Crippen molar-refractivity contribution in [3.8, 4) is 5.75 Å². The van der Waals surface area contributed by atoms with Gasteiger partial charge in [0.2, 0.25) is 0 Å². The Morgan fingerprint density at radius 2 is 1.96 bits per heavy atom. The molecular formula is C20H17ClN2O4S. The van der Waals surface area contributed by atoms with Crippen molar-refractivity contribution in [1.82, 2.24) is 4.90 Å². The molecule has 0 aliphatic carbocycles. The summed E-state index contributed by atoms with van der Waals surface area (Å²) in [6.45, 7) is 0.683. The Bertz CT molecular complexity index is 992. The fraction of sp³-hybridized carbons (Fsp3) is 0.150. The molecule has 0 saturated heterocycles. The van der Waals surface area contributed by atoms with Crippen molar-refractivity contribution in [2.45, 2.75) is 13.1 Å². The van der Waals surface area contributed by atoms with E-state index in [1.165, 1.54) is 18.2 Å². The highest BCUT2D eigenvalue weighted by molar-refractivity contribution is 7.09. The molecule has 144 valence electrons. The summed E-state index contributed by atoms with van der Waals surface area (Å²) in [5.41, 5.74) is 0.766. The van der Waals surface area contributed by atoms with E-state index in [-0.39, 0.29) is 22.2 Å². The topological polar surface area (TPSA) is 72.7 Å². The van der Waals surface area contributed by atoms with Gasteiger partial charge in [-0.15, -0.1) is 11.3 Å². The highest BCUT2D eigenvalue weighted by Gasteiger charge is 2.22. The molecule has 3 aromatic rings. The maximum absolute atomic E-state index is 13.2. The van der Waals surface area contributed by atoms with Crippen molar-refractivity contribution in [2.75, 3.05) is 7.11 Å². The normalized spacial score (nSPS) is 10.5. The first-order chi connectivity index (χ1) is 13.5. The lowest BCUT2D eigenvalue weighted by atomic mass is 10.1. The standard InChI is InChI=1S/C20H17ClN2O4S/c1-27-19-7-3-2-5-15(19)12-22(13-16-6-4-10-28-16)20(24)14-8-9-17(21)18(11-14)23(25)26/h2-11H,12-13H2,1H3. The lowest BCUT2D eigenvalue weighted by Gasteiger charge is -2.23. The summed E-state index contributed by atoms with van der Waals surface area (Å²) in [4.78, 5) is 26.4. The fourth-order valence-corrected chi connectivity index (χ4v) is 3.70. The predicted octanol–water partition coefficient (Wildman–Crippen LogP) is 5.16. The number of amides is 1. The molecule has 8 heteroatoms. The second-order valence-corrected chi connectivity index (χ2v) is 7.42. The third-order valence-corrected chi connectivity index (χ3v) is 5.34. The van der Waals surface area contributed by atoms with Crippen LogP contribution in [0.2, 0.25) is 5.02 Å². The quantitative estimate of drug-likeness (QED) is 0.394. The van der Waals surface area contributed by atoms with E-state index < -0.39 is 4.92 Å². The Hall–Kier alpha value is -2.90. The number of rotatable bonds is 7. The number of thiophene rings is 1. The van der Waals surface area contributed by atoms with Crippen molar-refractivity contribution in [1.29, 1.82) is 0 Å². The second-order valence-electron chi connectivity index (χ2n) is 5.98. The number of nitro benzene ring substituents is 1. The van der Waals surface area contributed by atoms with E-state index in [9.17, 15) is 14.9 Å². The maximum atomic E-state index is 13.2. The van der Waals surface area contributed by atoms with Crippen LogP contribution in [0.25, 0.3) is 0 Å². The number of para-hydroxylation sites is 1. The molecular weight excluding hydrogens is 400 g/mol. The van der Waals surface area contributed by atoms with Gasteiger partial charge in [-0.25, -0.2) is 0 Å². The van der Waals surface area contributed by atoms with Crippen LogP contribution in [0.3, 0.4) is 0 Å². The van der Waals surface area contributed by atoms with Gasteiger partial charge in [-0.1, -0.05) is 35.9 Å². The first-order valence-electron chi connectivity index (χ1n) is 8.37. The molecule has 1 heterocycles. The highest BCUT2D eigenvalue weighted by atomic mass is 35.5. The van der Waals surface area contributed by atoms with Gasteiger partial charge in [0.05, 0.1) is 25.1 Å². The van der Waals surface area contributed by atoms with Crippen LogP contribution in [0.5, 0.6) is 5.75 Å². The van der Waals surface area contributed by atoms with Crippen molar-refractivity contribution < 1.29 is 14.5 Å². The van der Waals surface area contributed by atoms with Crippen molar-refractivity contribution in [3.63, 3.8) is 0 Å². The van der Waals surface area contributed by atoms with E-state index >= 15 is 0 Å². The van der Waals surface area contributed by atoms with Gasteiger partial charge in [0.1, 0.15) is 10.8 Å². The summed E-state index contributed by atoms with van der Waals surface area (Å²) in [7, 11) is 1.58. The number of hydrogen-bond acceptors (Lipinski definition) is 5. The molecule has 0 aliphatic heterocycles. The second kappa shape index (κ2) is 8.86. The van der Waals surface area contributed by atoms with Gasteiger partial charge >= 0.3 is 0 Å². The van der Waals surface area contributed by atoms with Gasteiger partial charge < -0.3 is 9.64 Å². The summed E-state index contributed by atoms with van der Waals surface area (Å²) >= 11 is 7.42. The molecule has 1 aromatic heterocycles. The Morgan fingerprint density at radius 1 is 1.18 bits per heavy atom. The molecule has 0 atom stereocenters. The number of nitro groups is 1. The van der Waals surface area contributed by atoms with E-state index in [0.717, 1.165) is 10.4 Å². The van der Waals surface area contributed by atoms with Crippen LogP contribution < -0.4 is 4.74 Å². The molecule has 3 rings (SSSR count). The molecule has 0 aliphatic rings. The van der Waals surface area contributed by atoms with Gasteiger partial charge in [0, 0.05) is 22.1 Å². The molecule has 2 aromatic carbocycles. The third kappa shape index (κ3) is 4.49. The molecule has 0 spiro atoms. The van der Waals surface area contributed by atoms with Crippen LogP contribution in [0.1, 0.15) is 20.8 Å². The summed E-state index contributed by atoms with van der Waals surface area (Å²) in [6.07, 6.45) is 0. The van der Waals surface area contributed by atoms with Crippen molar-refractivity contribution >= 4 is 34.5 Å². The van der Waals surface area contributed by atoms with E-state index in [1.807, 2.05) is 41.8 Å². The zero-order valence-electron chi connectivity index (χ0n) is 15.0. The summed E-state index contributed by atoms with van der Waals surface area (Å²) in [5.74, 6) is 0.354. The molecule has 0 unspecified atom stereocenters. The SMILES string of the molecule is COc1ccccc1CN(Cc1cccs1)C(=O)c1ccc(Cl)c([N+](=O)[O-])c1. The zero-order chi connectivity index (χ0) is 20.1. The number of nitrogens with zero attached hydrogens (tertiary/aromatic N) is 2. The number of methoxy groups -OCH3 is 1. The lowest BCUT2D eigenvalue weighted by Crippen LogP contribution is -2.30. The first kappa shape index (κ1) is 19.9. The molecule has 0 saturated carbocycles. The minimum absolute atomic E-state index is 0.00362. The molecule has 0 N–H and O–H groups in total. The molecule has 1 amide bonds. The summed E-state index contributed by atoms with van der Waals surface area (Å²) < 4.78 is 5.39. The maximum Gasteiger partial charge on any atom is 0.288 e. The Labute approximate surface area is 171 Å². The van der Waals surface area contributed by atoms with E-state index in [4.69, 9.17) is 16.3 Å². The van der Waals surface area contributed by atoms with E-state index in [2.05, 4.69) is 0 Å². The number of carbonyl (C=O) groups is 1. The smallest absolute Gasteiger partial charge is 0.288 e. The van der Waals surface area contributed by atoms with Crippen LogP contribution in [-0.4, -0.2) is 22.8 Å².